The minimum atomic E-state index is 0.309. The van der Waals surface area contributed by atoms with Gasteiger partial charge in [0.05, 0.1) is 5.69 Å². The average Bonchev–Trinajstić information content (AvgIpc) is 3.44. The third-order valence-electron chi connectivity index (χ3n) is 6.57. The lowest BCUT2D eigenvalue weighted by Crippen LogP contribution is -2.35. The molecule has 1 aromatic heterocycles. The Hall–Kier alpha value is -2.27. The molecule has 26 heavy (non-hydrogen) atoms. The van der Waals surface area contributed by atoms with Crippen LogP contribution in [0, 0.1) is 17.8 Å². The van der Waals surface area contributed by atoms with Gasteiger partial charge in [-0.1, -0.05) is 12.2 Å². The highest BCUT2D eigenvalue weighted by atomic mass is 16.7. The van der Waals surface area contributed by atoms with Gasteiger partial charge in [0, 0.05) is 42.9 Å². The molecule has 2 aromatic rings. The number of nitrogens with zero attached hydrogens (tertiary/aromatic N) is 2. The van der Waals surface area contributed by atoms with Crippen LogP contribution in [0.5, 0.6) is 11.5 Å². The first-order valence-electron chi connectivity index (χ1n) is 9.70. The number of hydrogen-bond acceptors (Lipinski definition) is 4. The lowest BCUT2D eigenvalue weighted by Gasteiger charge is -2.31. The summed E-state index contributed by atoms with van der Waals surface area (Å²) in [7, 11) is 0. The van der Waals surface area contributed by atoms with Gasteiger partial charge in [-0.15, -0.1) is 0 Å². The van der Waals surface area contributed by atoms with Crippen molar-refractivity contribution in [1.29, 1.82) is 0 Å². The number of allylic oxidation sites excluding steroid dienone is 2. The highest BCUT2D eigenvalue weighted by molar-refractivity contribution is 5.68. The normalized spacial score (nSPS) is 28.7. The van der Waals surface area contributed by atoms with Crippen LogP contribution in [0.3, 0.4) is 0 Å². The largest absolute Gasteiger partial charge is 0.454 e. The van der Waals surface area contributed by atoms with Crippen molar-refractivity contribution < 1.29 is 9.47 Å². The van der Waals surface area contributed by atoms with Crippen molar-refractivity contribution in [3.05, 3.63) is 41.6 Å². The van der Waals surface area contributed by atoms with Gasteiger partial charge >= 0.3 is 0 Å². The van der Waals surface area contributed by atoms with Gasteiger partial charge in [-0.3, -0.25) is 10.00 Å². The molecule has 1 N–H and O–H groups in total. The van der Waals surface area contributed by atoms with Crippen molar-refractivity contribution in [2.45, 2.75) is 25.8 Å². The molecular formula is C21H23N3O2. The molecule has 1 fully saturated rings. The third-order valence-corrected chi connectivity index (χ3v) is 6.57. The van der Waals surface area contributed by atoms with E-state index in [1.807, 2.05) is 6.07 Å². The van der Waals surface area contributed by atoms with Gasteiger partial charge in [0.25, 0.3) is 0 Å². The van der Waals surface area contributed by atoms with Crippen LogP contribution in [-0.4, -0.2) is 35.0 Å². The van der Waals surface area contributed by atoms with E-state index in [1.54, 1.807) is 0 Å². The number of nitrogens with one attached hydrogen (secondary N) is 1. The van der Waals surface area contributed by atoms with E-state index in [-0.39, 0.29) is 0 Å². The molecule has 2 aliphatic heterocycles. The number of aromatic nitrogens is 2. The second-order valence-electron chi connectivity index (χ2n) is 8.12. The van der Waals surface area contributed by atoms with Crippen LogP contribution in [0.25, 0.3) is 11.3 Å². The number of aromatic amines is 1. The molecule has 6 rings (SSSR count). The highest BCUT2D eigenvalue weighted by Crippen LogP contribution is 2.44. The molecule has 0 radical (unpaired) electrons. The van der Waals surface area contributed by atoms with Crippen LogP contribution >= 0.6 is 0 Å². The van der Waals surface area contributed by atoms with Gasteiger partial charge < -0.3 is 9.47 Å². The lowest BCUT2D eigenvalue weighted by atomic mass is 9.92. The number of H-pyrrole nitrogens is 1. The van der Waals surface area contributed by atoms with Crippen molar-refractivity contribution in [2.24, 2.45) is 17.8 Å². The first kappa shape index (κ1) is 14.9. The Morgan fingerprint density at radius 2 is 2.12 bits per heavy atom. The van der Waals surface area contributed by atoms with Gasteiger partial charge in [-0.05, 0) is 48.8 Å². The molecule has 2 aliphatic carbocycles. The molecule has 1 aromatic carbocycles. The topological polar surface area (TPSA) is 50.4 Å². The Kier molecular flexibility index (Phi) is 3.21. The maximum atomic E-state index is 5.54. The molecule has 2 bridgehead atoms. The lowest BCUT2D eigenvalue weighted by molar-refractivity contribution is 0.174. The number of fused-ring (bicyclic) bond motifs is 4. The monoisotopic (exact) mass is 349 g/mol. The van der Waals surface area contributed by atoms with E-state index in [9.17, 15) is 0 Å². The van der Waals surface area contributed by atoms with Gasteiger partial charge in [-0.25, -0.2) is 0 Å². The molecule has 4 aliphatic rings. The van der Waals surface area contributed by atoms with Crippen LogP contribution in [0.4, 0.5) is 0 Å². The molecular weight excluding hydrogens is 326 g/mol. The smallest absolute Gasteiger partial charge is 0.231 e. The molecule has 0 spiro atoms. The molecule has 1 saturated carbocycles. The van der Waals surface area contributed by atoms with E-state index >= 15 is 0 Å². The summed E-state index contributed by atoms with van der Waals surface area (Å²) in [5.41, 5.74) is 4.82. The molecule has 3 atom stereocenters. The van der Waals surface area contributed by atoms with E-state index in [1.165, 1.54) is 30.6 Å². The van der Waals surface area contributed by atoms with Gasteiger partial charge in [-0.2, -0.15) is 5.10 Å². The predicted octanol–water partition coefficient (Wildman–Crippen LogP) is 3.38. The summed E-state index contributed by atoms with van der Waals surface area (Å²) in [6, 6.07) is 6.13. The Morgan fingerprint density at radius 1 is 1.15 bits per heavy atom. The Balaban J connectivity index is 1.25. The number of benzene rings is 1. The summed E-state index contributed by atoms with van der Waals surface area (Å²) in [5.74, 6) is 4.15. The van der Waals surface area contributed by atoms with Gasteiger partial charge in [0.15, 0.2) is 11.5 Å². The molecule has 0 amide bonds. The summed E-state index contributed by atoms with van der Waals surface area (Å²) in [6.07, 6.45) is 8.72. The molecule has 3 heterocycles. The van der Waals surface area contributed by atoms with Crippen molar-refractivity contribution in [3.63, 3.8) is 0 Å². The zero-order valence-electron chi connectivity index (χ0n) is 14.8. The van der Waals surface area contributed by atoms with E-state index in [2.05, 4.69) is 39.4 Å². The standard InChI is InChI=1S/C21H23N3O2/c1-2-14-7-13(1)8-16(14)10-24-6-5-18-17(11-24)21(23-22-18)15-3-4-19-20(9-15)26-12-25-19/h1-4,9,13-14,16H,5-8,10-12H2,(H,22,23)/t13-,14+,16?/m0/s1. The van der Waals surface area contributed by atoms with Crippen molar-refractivity contribution in [1.82, 2.24) is 15.1 Å². The zero-order chi connectivity index (χ0) is 17.1. The van der Waals surface area contributed by atoms with Crippen LogP contribution < -0.4 is 9.47 Å². The number of hydrogen-bond donors (Lipinski definition) is 1. The van der Waals surface area contributed by atoms with Crippen LogP contribution in [-0.2, 0) is 13.0 Å². The highest BCUT2D eigenvalue weighted by Gasteiger charge is 2.37. The second-order valence-corrected chi connectivity index (χ2v) is 8.12. The maximum Gasteiger partial charge on any atom is 0.231 e. The van der Waals surface area contributed by atoms with Crippen LogP contribution in [0.15, 0.2) is 30.4 Å². The summed E-state index contributed by atoms with van der Waals surface area (Å²) < 4.78 is 11.0. The molecule has 0 saturated heterocycles. The zero-order valence-corrected chi connectivity index (χ0v) is 14.8. The fourth-order valence-electron chi connectivity index (χ4n) is 5.23. The summed E-state index contributed by atoms with van der Waals surface area (Å²) >= 11 is 0. The first-order chi connectivity index (χ1) is 12.8. The molecule has 134 valence electrons. The number of rotatable bonds is 3. The van der Waals surface area contributed by atoms with E-state index in [0.29, 0.717) is 6.79 Å². The van der Waals surface area contributed by atoms with E-state index < -0.39 is 0 Å². The summed E-state index contributed by atoms with van der Waals surface area (Å²) in [4.78, 5) is 2.63. The van der Waals surface area contributed by atoms with Gasteiger partial charge in [0.2, 0.25) is 6.79 Å². The molecule has 5 nitrogen and oxygen atoms in total. The Morgan fingerprint density at radius 3 is 3.00 bits per heavy atom. The maximum absolute atomic E-state index is 5.54. The Labute approximate surface area is 153 Å². The van der Waals surface area contributed by atoms with Crippen molar-refractivity contribution in [2.75, 3.05) is 19.9 Å². The predicted molar refractivity (Wildman–Crippen MR) is 98.0 cm³/mol. The first-order valence-corrected chi connectivity index (χ1v) is 9.70. The minimum absolute atomic E-state index is 0.309. The molecule has 5 heteroatoms. The van der Waals surface area contributed by atoms with E-state index in [0.717, 1.165) is 60.0 Å². The summed E-state index contributed by atoms with van der Waals surface area (Å²) in [6.45, 7) is 3.65. The van der Waals surface area contributed by atoms with Gasteiger partial charge in [0.1, 0.15) is 0 Å². The second kappa shape index (κ2) is 5.61. The van der Waals surface area contributed by atoms with E-state index in [4.69, 9.17) is 9.47 Å². The Bertz CT molecular complexity index is 887. The van der Waals surface area contributed by atoms with Crippen molar-refractivity contribution in [3.8, 4) is 22.8 Å². The quantitative estimate of drug-likeness (QED) is 0.863. The van der Waals surface area contributed by atoms with Crippen LogP contribution in [0.2, 0.25) is 0 Å². The fraction of sp³-hybridized carbons (Fsp3) is 0.476. The SMILES string of the molecule is C1=C[C@@H]2C[C@H]1CC2CN1CCc2[nH]nc(-c3ccc4c(c3)OCO4)c2C1. The fourth-order valence-corrected chi connectivity index (χ4v) is 5.23. The minimum Gasteiger partial charge on any atom is -0.454 e. The van der Waals surface area contributed by atoms with Crippen molar-refractivity contribution >= 4 is 0 Å². The molecule has 1 unspecified atom stereocenters. The van der Waals surface area contributed by atoms with Crippen LogP contribution in [0.1, 0.15) is 24.1 Å². The average molecular weight is 349 g/mol. The third kappa shape index (κ3) is 2.30. The number of ether oxygens (including phenoxy) is 2. The summed E-state index contributed by atoms with van der Waals surface area (Å²) in [5, 5.41) is 7.91.